The summed E-state index contributed by atoms with van der Waals surface area (Å²) in [5, 5.41) is 38.0. The third-order valence-electron chi connectivity index (χ3n) is 2.94. The van der Waals surface area contributed by atoms with Gasteiger partial charge in [0.25, 0.3) is 0 Å². The van der Waals surface area contributed by atoms with Crippen molar-refractivity contribution in [2.24, 2.45) is 0 Å². The van der Waals surface area contributed by atoms with E-state index in [0.717, 1.165) is 0 Å². The number of rotatable bonds is 5. The van der Waals surface area contributed by atoms with Gasteiger partial charge in [0.1, 0.15) is 30.5 Å². The lowest BCUT2D eigenvalue weighted by Crippen LogP contribution is -2.59. The van der Waals surface area contributed by atoms with Gasteiger partial charge in [-0.2, -0.15) is 0 Å². The SMILES string of the molecule is C=C(C(=O)OCCC)C1O[C@H](CO)[C@@H](O)[C@H](O)[C@H]1O. The van der Waals surface area contributed by atoms with Crippen LogP contribution in [0, 0.1) is 0 Å². The molecule has 7 nitrogen and oxygen atoms in total. The van der Waals surface area contributed by atoms with Crippen LogP contribution in [0.25, 0.3) is 0 Å². The van der Waals surface area contributed by atoms with Crippen molar-refractivity contribution in [1.82, 2.24) is 0 Å². The second-order valence-corrected chi connectivity index (χ2v) is 4.41. The summed E-state index contributed by atoms with van der Waals surface area (Å²) in [6.45, 7) is 4.95. The number of carbonyl (C=O) groups excluding carboxylic acids is 1. The Morgan fingerprint density at radius 1 is 1.26 bits per heavy atom. The Labute approximate surface area is 111 Å². The van der Waals surface area contributed by atoms with Gasteiger partial charge >= 0.3 is 5.97 Å². The summed E-state index contributed by atoms with van der Waals surface area (Å²) in [6.07, 6.45) is -6.17. The lowest BCUT2D eigenvalue weighted by molar-refractivity contribution is -0.220. The van der Waals surface area contributed by atoms with Crippen LogP contribution in [-0.2, 0) is 14.3 Å². The van der Waals surface area contributed by atoms with E-state index in [1.807, 2.05) is 6.92 Å². The van der Waals surface area contributed by atoms with E-state index < -0.39 is 43.1 Å². The minimum absolute atomic E-state index is 0.162. The van der Waals surface area contributed by atoms with Crippen LogP contribution in [0.15, 0.2) is 12.2 Å². The van der Waals surface area contributed by atoms with Crippen LogP contribution in [0.5, 0.6) is 0 Å². The van der Waals surface area contributed by atoms with E-state index in [4.69, 9.17) is 14.6 Å². The molecule has 1 fully saturated rings. The molecule has 0 aromatic rings. The lowest BCUT2D eigenvalue weighted by Gasteiger charge is -2.40. The molecule has 7 heteroatoms. The van der Waals surface area contributed by atoms with Crippen LogP contribution in [0.2, 0.25) is 0 Å². The van der Waals surface area contributed by atoms with Crippen molar-refractivity contribution in [2.75, 3.05) is 13.2 Å². The van der Waals surface area contributed by atoms with Crippen molar-refractivity contribution in [3.05, 3.63) is 12.2 Å². The normalized spacial score (nSPS) is 34.9. The molecule has 0 amide bonds. The molecule has 1 unspecified atom stereocenters. The number of aliphatic hydroxyl groups is 4. The molecular weight excluding hydrogens is 256 g/mol. The fraction of sp³-hybridized carbons (Fsp3) is 0.750. The zero-order valence-corrected chi connectivity index (χ0v) is 10.7. The Bertz CT molecular complexity index is 328. The van der Waals surface area contributed by atoms with Crippen LogP contribution >= 0.6 is 0 Å². The molecule has 1 heterocycles. The zero-order chi connectivity index (χ0) is 14.6. The van der Waals surface area contributed by atoms with Crippen molar-refractivity contribution >= 4 is 5.97 Å². The number of esters is 1. The van der Waals surface area contributed by atoms with Crippen LogP contribution in [0.1, 0.15) is 13.3 Å². The van der Waals surface area contributed by atoms with Crippen molar-refractivity contribution in [2.45, 2.75) is 43.9 Å². The highest BCUT2D eigenvalue weighted by atomic mass is 16.6. The second kappa shape index (κ2) is 6.97. The molecule has 5 atom stereocenters. The molecular formula is C12H20O7. The summed E-state index contributed by atoms with van der Waals surface area (Å²) < 4.78 is 10.0. The van der Waals surface area contributed by atoms with E-state index in [2.05, 4.69) is 6.58 Å². The maximum atomic E-state index is 11.6. The first-order valence-electron chi connectivity index (χ1n) is 6.10. The van der Waals surface area contributed by atoms with Gasteiger partial charge in [0.2, 0.25) is 0 Å². The molecule has 1 aliphatic rings. The summed E-state index contributed by atoms with van der Waals surface area (Å²) in [6, 6.07) is 0. The van der Waals surface area contributed by atoms with Gasteiger partial charge in [-0.25, -0.2) is 4.79 Å². The van der Waals surface area contributed by atoms with Gasteiger partial charge < -0.3 is 29.9 Å². The van der Waals surface area contributed by atoms with Crippen molar-refractivity contribution in [3.8, 4) is 0 Å². The number of ether oxygens (including phenoxy) is 2. The highest BCUT2D eigenvalue weighted by Gasteiger charge is 2.45. The lowest BCUT2D eigenvalue weighted by atomic mass is 9.91. The van der Waals surface area contributed by atoms with E-state index in [-0.39, 0.29) is 12.2 Å². The summed E-state index contributed by atoms with van der Waals surface area (Å²) in [4.78, 5) is 11.6. The van der Waals surface area contributed by atoms with Crippen molar-refractivity contribution in [3.63, 3.8) is 0 Å². The molecule has 4 N–H and O–H groups in total. The smallest absolute Gasteiger partial charge is 0.336 e. The van der Waals surface area contributed by atoms with Gasteiger partial charge in [-0.1, -0.05) is 13.5 Å². The van der Waals surface area contributed by atoms with E-state index in [0.29, 0.717) is 6.42 Å². The minimum atomic E-state index is -1.54. The Morgan fingerprint density at radius 2 is 1.89 bits per heavy atom. The maximum absolute atomic E-state index is 11.6. The Balaban J connectivity index is 2.75. The van der Waals surface area contributed by atoms with Crippen molar-refractivity contribution < 1.29 is 34.7 Å². The molecule has 1 rings (SSSR count). The molecule has 0 aromatic carbocycles. The van der Waals surface area contributed by atoms with Gasteiger partial charge in [-0.3, -0.25) is 0 Å². The molecule has 1 aliphatic heterocycles. The molecule has 0 spiro atoms. The quantitative estimate of drug-likeness (QED) is 0.351. The van der Waals surface area contributed by atoms with E-state index in [9.17, 15) is 20.1 Å². The Kier molecular flexibility index (Phi) is 5.89. The predicted molar refractivity (Wildman–Crippen MR) is 64.2 cm³/mol. The van der Waals surface area contributed by atoms with E-state index in [1.165, 1.54) is 0 Å². The first kappa shape index (κ1) is 16.1. The van der Waals surface area contributed by atoms with E-state index >= 15 is 0 Å². The zero-order valence-electron chi connectivity index (χ0n) is 10.7. The largest absolute Gasteiger partial charge is 0.462 e. The number of hydrogen-bond acceptors (Lipinski definition) is 7. The average molecular weight is 276 g/mol. The van der Waals surface area contributed by atoms with Gasteiger partial charge in [-0.05, 0) is 6.42 Å². The van der Waals surface area contributed by atoms with Crippen LogP contribution in [-0.4, -0.2) is 70.1 Å². The fourth-order valence-corrected chi connectivity index (χ4v) is 1.79. The summed E-state index contributed by atoms with van der Waals surface area (Å²) in [7, 11) is 0. The van der Waals surface area contributed by atoms with Crippen molar-refractivity contribution in [1.29, 1.82) is 0 Å². The average Bonchev–Trinajstić information content (AvgIpc) is 2.42. The molecule has 0 bridgehead atoms. The minimum Gasteiger partial charge on any atom is -0.462 e. The van der Waals surface area contributed by atoms with Gasteiger partial charge in [0.15, 0.2) is 0 Å². The van der Waals surface area contributed by atoms with Gasteiger partial charge in [0.05, 0.1) is 18.8 Å². The molecule has 0 aromatic heterocycles. The first-order valence-corrected chi connectivity index (χ1v) is 6.10. The van der Waals surface area contributed by atoms with E-state index in [1.54, 1.807) is 0 Å². The third kappa shape index (κ3) is 3.52. The molecule has 0 radical (unpaired) electrons. The first-order chi connectivity index (χ1) is 8.93. The highest BCUT2D eigenvalue weighted by Crippen LogP contribution is 2.25. The third-order valence-corrected chi connectivity index (χ3v) is 2.94. The number of aliphatic hydroxyl groups excluding tert-OH is 4. The van der Waals surface area contributed by atoms with Crippen LogP contribution in [0.4, 0.5) is 0 Å². The molecule has 1 saturated heterocycles. The topological polar surface area (TPSA) is 116 Å². The summed E-state index contributed by atoms with van der Waals surface area (Å²) >= 11 is 0. The highest BCUT2D eigenvalue weighted by molar-refractivity contribution is 5.89. The van der Waals surface area contributed by atoms with Gasteiger partial charge in [-0.15, -0.1) is 0 Å². The Hall–Kier alpha value is -0.990. The molecule has 110 valence electrons. The molecule has 19 heavy (non-hydrogen) atoms. The predicted octanol–water partition coefficient (Wildman–Crippen LogP) is -1.66. The molecule has 0 saturated carbocycles. The number of hydrogen-bond donors (Lipinski definition) is 4. The standard InChI is InChI=1S/C12H20O7/c1-3-4-18-12(17)6(2)11-10(16)9(15)8(14)7(5-13)19-11/h7-11,13-16H,2-5H2,1H3/t7-,8-,9+,10-,11?/m1/s1. The maximum Gasteiger partial charge on any atom is 0.336 e. The van der Waals surface area contributed by atoms with Crippen LogP contribution < -0.4 is 0 Å². The molecule has 0 aliphatic carbocycles. The second-order valence-electron chi connectivity index (χ2n) is 4.41. The summed E-state index contributed by atoms with van der Waals surface area (Å²) in [5.74, 6) is -0.744. The van der Waals surface area contributed by atoms with Gasteiger partial charge in [0, 0.05) is 0 Å². The monoisotopic (exact) mass is 276 g/mol. The fourth-order valence-electron chi connectivity index (χ4n) is 1.79. The van der Waals surface area contributed by atoms with Crippen LogP contribution in [0.3, 0.4) is 0 Å². The number of carbonyl (C=O) groups is 1. The Morgan fingerprint density at radius 3 is 2.42 bits per heavy atom. The summed E-state index contributed by atoms with van der Waals surface area (Å²) in [5.41, 5.74) is -0.162.